The average Bonchev–Trinajstić information content (AvgIpc) is 2.77. The zero-order chi connectivity index (χ0) is 22.1. The highest BCUT2D eigenvalue weighted by molar-refractivity contribution is 8.16. The molecule has 0 saturated carbocycles. The molecule has 1 aliphatic rings. The van der Waals surface area contributed by atoms with E-state index in [4.69, 9.17) is 14.6 Å². The van der Waals surface area contributed by atoms with E-state index in [1.165, 1.54) is 17.3 Å². The van der Waals surface area contributed by atoms with Crippen LogP contribution in [0.2, 0.25) is 0 Å². The topological polar surface area (TPSA) is 122 Å². The Morgan fingerprint density at radius 1 is 1.23 bits per heavy atom. The summed E-state index contributed by atoms with van der Waals surface area (Å²) in [6.45, 7) is 2.23. The van der Waals surface area contributed by atoms with Crippen LogP contribution in [-0.2, 0) is 16.2 Å². The molecule has 31 heavy (non-hydrogen) atoms. The van der Waals surface area contributed by atoms with Crippen LogP contribution in [0.3, 0.4) is 0 Å². The van der Waals surface area contributed by atoms with Gasteiger partial charge >= 0.3 is 5.97 Å². The minimum Gasteiger partial charge on any atom is -0.485 e. The smallest absolute Gasteiger partial charge is 0.322 e. The van der Waals surface area contributed by atoms with Crippen LogP contribution in [0.1, 0.15) is 12.5 Å². The number of carbonyl (C=O) groups is 2. The number of carboxylic acids is 1. The summed E-state index contributed by atoms with van der Waals surface area (Å²) in [5.41, 5.74) is 2.04. The average molecular weight is 442 g/mol. The lowest BCUT2D eigenvalue weighted by molar-refractivity contribution is -0.138. The summed E-state index contributed by atoms with van der Waals surface area (Å²) in [5, 5.41) is 16.8. The number of amidine groups is 1. The summed E-state index contributed by atoms with van der Waals surface area (Å²) < 4.78 is 11.3. The van der Waals surface area contributed by atoms with Crippen molar-refractivity contribution < 1.29 is 24.2 Å². The molecule has 0 radical (unpaired) electrons. The molecule has 2 aromatic rings. The number of ether oxygens (including phenoxy) is 2. The fourth-order valence-corrected chi connectivity index (χ4v) is 3.14. The number of aliphatic carboxylic acids is 1. The Balaban J connectivity index is 1.55. The minimum atomic E-state index is -1.11. The van der Waals surface area contributed by atoms with Crippen LogP contribution in [-0.4, -0.2) is 46.8 Å². The van der Waals surface area contributed by atoms with E-state index in [2.05, 4.69) is 20.6 Å². The number of anilines is 1. The lowest BCUT2D eigenvalue weighted by Gasteiger charge is -2.15. The molecule has 3 N–H and O–H groups in total. The Labute approximate surface area is 183 Å². The molecule has 0 fully saturated rings. The molecule has 0 saturated heterocycles. The summed E-state index contributed by atoms with van der Waals surface area (Å²) in [6.07, 6.45) is 1.67. The summed E-state index contributed by atoms with van der Waals surface area (Å²) >= 11 is 1.50. The molecule has 0 bridgehead atoms. The van der Waals surface area contributed by atoms with Gasteiger partial charge in [0.05, 0.1) is 6.54 Å². The highest BCUT2D eigenvalue weighted by Crippen LogP contribution is 2.25. The van der Waals surface area contributed by atoms with E-state index in [1.54, 1.807) is 30.5 Å². The SMILES string of the molecule is CC1=CSC(Nc2ncccc2OCc2cccc(OCC(=O)NCC(=O)O)c2)=NC1. The fourth-order valence-electron chi connectivity index (χ4n) is 2.46. The van der Waals surface area contributed by atoms with Gasteiger partial charge in [-0.05, 0) is 47.7 Å². The van der Waals surface area contributed by atoms with Crippen LogP contribution in [0, 0.1) is 0 Å². The number of aliphatic imine (C=N–C) groups is 1. The molecule has 1 aromatic heterocycles. The van der Waals surface area contributed by atoms with Crippen molar-refractivity contribution in [3.8, 4) is 11.5 Å². The number of hydrogen-bond donors (Lipinski definition) is 3. The summed E-state index contributed by atoms with van der Waals surface area (Å²) in [6, 6.07) is 10.7. The third-order valence-electron chi connectivity index (χ3n) is 3.94. The third kappa shape index (κ3) is 7.34. The summed E-state index contributed by atoms with van der Waals surface area (Å²) in [4.78, 5) is 30.8. The zero-order valence-corrected chi connectivity index (χ0v) is 17.6. The van der Waals surface area contributed by atoms with E-state index in [0.717, 1.165) is 10.7 Å². The van der Waals surface area contributed by atoms with E-state index in [0.29, 0.717) is 23.9 Å². The van der Waals surface area contributed by atoms with Gasteiger partial charge in [0, 0.05) is 6.20 Å². The van der Waals surface area contributed by atoms with Crippen LogP contribution < -0.4 is 20.1 Å². The van der Waals surface area contributed by atoms with E-state index >= 15 is 0 Å². The molecule has 3 rings (SSSR count). The van der Waals surface area contributed by atoms with Crippen molar-refractivity contribution in [1.29, 1.82) is 0 Å². The van der Waals surface area contributed by atoms with Crippen molar-refractivity contribution >= 4 is 34.6 Å². The van der Waals surface area contributed by atoms with Crippen molar-refractivity contribution in [1.82, 2.24) is 10.3 Å². The van der Waals surface area contributed by atoms with E-state index in [1.807, 2.05) is 24.5 Å². The summed E-state index contributed by atoms with van der Waals surface area (Å²) in [7, 11) is 0. The van der Waals surface area contributed by atoms with Gasteiger partial charge in [0.25, 0.3) is 5.91 Å². The molecular formula is C21H22N4O5S. The van der Waals surface area contributed by atoms with Gasteiger partial charge in [-0.1, -0.05) is 23.9 Å². The number of rotatable bonds is 9. The second kappa shape index (κ2) is 11.0. The Morgan fingerprint density at radius 2 is 2.10 bits per heavy atom. The number of amides is 1. The van der Waals surface area contributed by atoms with Gasteiger partial charge in [0.2, 0.25) is 0 Å². The first-order valence-corrected chi connectivity index (χ1v) is 10.3. The third-order valence-corrected chi connectivity index (χ3v) is 4.91. The molecule has 9 nitrogen and oxygen atoms in total. The number of benzene rings is 1. The van der Waals surface area contributed by atoms with Crippen molar-refractivity contribution in [2.45, 2.75) is 13.5 Å². The lowest BCUT2D eigenvalue weighted by Crippen LogP contribution is -2.33. The van der Waals surface area contributed by atoms with E-state index < -0.39 is 18.4 Å². The van der Waals surface area contributed by atoms with Crippen LogP contribution in [0.15, 0.2) is 58.6 Å². The molecule has 0 atom stereocenters. The number of pyridine rings is 1. The number of thioether (sulfide) groups is 1. The van der Waals surface area contributed by atoms with Gasteiger partial charge in [-0.25, -0.2) is 4.98 Å². The molecule has 1 amide bonds. The number of aromatic nitrogens is 1. The van der Waals surface area contributed by atoms with Gasteiger partial charge in [0.1, 0.15) is 18.9 Å². The second-order valence-corrected chi connectivity index (χ2v) is 7.43. The number of nitrogens with one attached hydrogen (secondary N) is 2. The van der Waals surface area contributed by atoms with E-state index in [-0.39, 0.29) is 13.2 Å². The van der Waals surface area contributed by atoms with E-state index in [9.17, 15) is 9.59 Å². The monoisotopic (exact) mass is 442 g/mol. The van der Waals surface area contributed by atoms with Crippen LogP contribution >= 0.6 is 11.8 Å². The number of carboxylic acid groups (broad SMARTS) is 1. The maximum absolute atomic E-state index is 11.6. The Kier molecular flexibility index (Phi) is 7.88. The highest BCUT2D eigenvalue weighted by Gasteiger charge is 2.11. The van der Waals surface area contributed by atoms with Crippen molar-refractivity contribution in [3.05, 3.63) is 59.1 Å². The van der Waals surface area contributed by atoms with Crippen molar-refractivity contribution in [2.24, 2.45) is 4.99 Å². The largest absolute Gasteiger partial charge is 0.485 e. The van der Waals surface area contributed by atoms with Gasteiger partial charge in [-0.2, -0.15) is 0 Å². The Hall–Kier alpha value is -3.53. The van der Waals surface area contributed by atoms with Crippen LogP contribution in [0.5, 0.6) is 11.5 Å². The first-order chi connectivity index (χ1) is 15.0. The van der Waals surface area contributed by atoms with Gasteiger partial charge in [-0.15, -0.1) is 0 Å². The Morgan fingerprint density at radius 3 is 2.87 bits per heavy atom. The maximum atomic E-state index is 11.6. The highest BCUT2D eigenvalue weighted by atomic mass is 32.2. The fraction of sp³-hybridized carbons (Fsp3) is 0.238. The quantitative estimate of drug-likeness (QED) is 0.542. The van der Waals surface area contributed by atoms with Crippen LogP contribution in [0.4, 0.5) is 5.82 Å². The van der Waals surface area contributed by atoms with Crippen molar-refractivity contribution in [2.75, 3.05) is 25.0 Å². The first kappa shape index (κ1) is 22.2. The van der Waals surface area contributed by atoms with Gasteiger partial charge in [-0.3, -0.25) is 14.6 Å². The molecule has 10 heteroatoms. The lowest BCUT2D eigenvalue weighted by atomic mass is 10.2. The van der Waals surface area contributed by atoms with Gasteiger partial charge in [0.15, 0.2) is 23.3 Å². The standard InChI is InChI=1S/C21H22N4O5S/c1-14-9-24-21(31-13-14)25-20-17(6-3-7-22-20)30-11-15-4-2-5-16(8-15)29-12-18(26)23-10-19(27)28/h2-8,13H,9-12H2,1H3,(H,23,26)(H,27,28)(H,22,24,25). The predicted octanol–water partition coefficient (Wildman–Crippen LogP) is 2.66. The molecule has 162 valence electrons. The predicted molar refractivity (Wildman–Crippen MR) is 118 cm³/mol. The number of carbonyl (C=O) groups excluding carboxylic acids is 1. The van der Waals surface area contributed by atoms with Crippen LogP contribution in [0.25, 0.3) is 0 Å². The minimum absolute atomic E-state index is 0.265. The number of nitrogens with zero attached hydrogens (tertiary/aromatic N) is 2. The number of hydrogen-bond acceptors (Lipinski definition) is 8. The molecule has 0 unspecified atom stereocenters. The van der Waals surface area contributed by atoms with Gasteiger partial charge < -0.3 is 25.2 Å². The summed E-state index contributed by atoms with van der Waals surface area (Å²) in [5.74, 6) is 0.00744. The van der Waals surface area contributed by atoms with Crippen molar-refractivity contribution in [3.63, 3.8) is 0 Å². The zero-order valence-electron chi connectivity index (χ0n) is 16.8. The normalized spacial score (nSPS) is 12.9. The second-order valence-electron chi connectivity index (χ2n) is 6.57. The molecule has 2 heterocycles. The molecule has 1 aromatic carbocycles. The molecule has 0 aliphatic carbocycles. The molecular weight excluding hydrogens is 420 g/mol. The molecule has 1 aliphatic heterocycles. The maximum Gasteiger partial charge on any atom is 0.322 e. The Bertz CT molecular complexity index is 1010. The molecule has 0 spiro atoms. The first-order valence-electron chi connectivity index (χ1n) is 9.41.